The average molecular weight is 333 g/mol. The topological polar surface area (TPSA) is 59.2 Å². The number of piperidine rings is 1. The lowest BCUT2D eigenvalue weighted by Crippen LogP contribution is -2.41. The molecule has 5 nitrogen and oxygen atoms in total. The minimum absolute atomic E-state index is 0.164. The van der Waals surface area contributed by atoms with Crippen LogP contribution in [0.2, 0.25) is 0 Å². The molecule has 2 atom stereocenters. The Morgan fingerprint density at radius 3 is 2.83 bits per heavy atom. The fourth-order valence-corrected chi connectivity index (χ4v) is 4.37. The van der Waals surface area contributed by atoms with E-state index in [2.05, 4.69) is 15.5 Å². The molecular weight excluding hydrogens is 310 g/mol. The van der Waals surface area contributed by atoms with Gasteiger partial charge in [-0.05, 0) is 40.5 Å². The SMILES string of the molecule is Cc1csc([C@H]2CCCN(C(=O)[C@@H](C)c3c(C)noc3C)C2)n1. The summed E-state index contributed by atoms with van der Waals surface area (Å²) < 4.78 is 5.22. The molecule has 0 unspecified atom stereocenters. The Bertz CT molecular complexity index is 687. The summed E-state index contributed by atoms with van der Waals surface area (Å²) in [6, 6.07) is 0. The zero-order valence-electron chi connectivity index (χ0n) is 14.1. The molecule has 124 valence electrons. The van der Waals surface area contributed by atoms with Crippen LogP contribution in [0.4, 0.5) is 0 Å². The van der Waals surface area contributed by atoms with Gasteiger partial charge < -0.3 is 9.42 Å². The highest BCUT2D eigenvalue weighted by Crippen LogP contribution is 2.32. The molecule has 0 saturated carbocycles. The van der Waals surface area contributed by atoms with Crippen LogP contribution < -0.4 is 0 Å². The first kappa shape index (κ1) is 16.2. The van der Waals surface area contributed by atoms with E-state index in [0.717, 1.165) is 53.7 Å². The minimum atomic E-state index is -0.210. The molecule has 0 spiro atoms. The molecule has 3 rings (SSSR count). The monoisotopic (exact) mass is 333 g/mol. The van der Waals surface area contributed by atoms with E-state index in [9.17, 15) is 4.79 Å². The molecule has 0 radical (unpaired) electrons. The van der Waals surface area contributed by atoms with Crippen LogP contribution in [0.25, 0.3) is 0 Å². The lowest BCUT2D eigenvalue weighted by Gasteiger charge is -2.33. The highest BCUT2D eigenvalue weighted by molar-refractivity contribution is 7.09. The van der Waals surface area contributed by atoms with E-state index in [0.29, 0.717) is 5.92 Å². The van der Waals surface area contributed by atoms with Gasteiger partial charge in [-0.2, -0.15) is 0 Å². The molecule has 0 aromatic carbocycles. The number of carbonyl (C=O) groups excluding carboxylic acids is 1. The first-order chi connectivity index (χ1) is 11.0. The maximum Gasteiger partial charge on any atom is 0.230 e. The predicted molar refractivity (Wildman–Crippen MR) is 89.8 cm³/mol. The highest BCUT2D eigenvalue weighted by atomic mass is 32.1. The summed E-state index contributed by atoms with van der Waals surface area (Å²) in [5, 5.41) is 7.22. The summed E-state index contributed by atoms with van der Waals surface area (Å²) in [7, 11) is 0. The van der Waals surface area contributed by atoms with Crippen molar-refractivity contribution in [2.75, 3.05) is 13.1 Å². The number of hydrogen-bond acceptors (Lipinski definition) is 5. The third kappa shape index (κ3) is 3.17. The van der Waals surface area contributed by atoms with Crippen molar-refractivity contribution in [3.63, 3.8) is 0 Å². The van der Waals surface area contributed by atoms with Crippen LogP contribution in [0, 0.1) is 20.8 Å². The Labute approximate surface area is 140 Å². The Hall–Kier alpha value is -1.69. The van der Waals surface area contributed by atoms with Crippen molar-refractivity contribution < 1.29 is 9.32 Å². The first-order valence-corrected chi connectivity index (χ1v) is 8.99. The molecule has 2 aromatic heterocycles. The van der Waals surface area contributed by atoms with Crippen LogP contribution >= 0.6 is 11.3 Å². The number of carbonyl (C=O) groups is 1. The largest absolute Gasteiger partial charge is 0.361 e. The molecule has 2 aromatic rings. The van der Waals surface area contributed by atoms with E-state index >= 15 is 0 Å². The van der Waals surface area contributed by atoms with Gasteiger partial charge in [-0.3, -0.25) is 4.79 Å². The second-order valence-corrected chi connectivity index (χ2v) is 7.30. The number of rotatable bonds is 3. The number of thiazole rings is 1. The first-order valence-electron chi connectivity index (χ1n) is 8.11. The van der Waals surface area contributed by atoms with Gasteiger partial charge in [0.2, 0.25) is 5.91 Å². The van der Waals surface area contributed by atoms with Gasteiger partial charge in [0.15, 0.2) is 0 Å². The molecule has 6 heteroatoms. The van der Waals surface area contributed by atoms with Crippen LogP contribution in [-0.4, -0.2) is 34.0 Å². The molecule has 1 aliphatic rings. The van der Waals surface area contributed by atoms with Crippen molar-refractivity contribution in [2.45, 2.75) is 52.4 Å². The van der Waals surface area contributed by atoms with Gasteiger partial charge in [0.1, 0.15) is 5.76 Å². The van der Waals surface area contributed by atoms with Gasteiger partial charge in [0.25, 0.3) is 0 Å². The van der Waals surface area contributed by atoms with E-state index in [4.69, 9.17) is 4.52 Å². The summed E-state index contributed by atoms with van der Waals surface area (Å²) in [5.41, 5.74) is 2.81. The Kier molecular flexibility index (Phi) is 4.53. The summed E-state index contributed by atoms with van der Waals surface area (Å²) in [6.07, 6.45) is 2.14. The molecule has 0 aliphatic carbocycles. The fourth-order valence-electron chi connectivity index (χ4n) is 3.44. The van der Waals surface area contributed by atoms with Crippen LogP contribution in [0.3, 0.4) is 0 Å². The van der Waals surface area contributed by atoms with Crippen molar-refractivity contribution in [3.05, 3.63) is 33.1 Å². The molecule has 0 bridgehead atoms. The van der Waals surface area contributed by atoms with Gasteiger partial charge in [-0.15, -0.1) is 11.3 Å². The summed E-state index contributed by atoms with van der Waals surface area (Å²) in [6.45, 7) is 9.33. The quantitative estimate of drug-likeness (QED) is 0.861. The number of likely N-dealkylation sites (tertiary alicyclic amines) is 1. The Morgan fingerprint density at radius 2 is 2.22 bits per heavy atom. The number of aryl methyl sites for hydroxylation is 3. The smallest absolute Gasteiger partial charge is 0.230 e. The van der Waals surface area contributed by atoms with Gasteiger partial charge in [-0.25, -0.2) is 4.98 Å². The third-order valence-electron chi connectivity index (χ3n) is 4.61. The lowest BCUT2D eigenvalue weighted by molar-refractivity contribution is -0.133. The second-order valence-electron chi connectivity index (χ2n) is 6.41. The van der Waals surface area contributed by atoms with Gasteiger partial charge in [0.05, 0.1) is 16.6 Å². The van der Waals surface area contributed by atoms with Crippen LogP contribution in [-0.2, 0) is 4.79 Å². The van der Waals surface area contributed by atoms with Crippen molar-refractivity contribution in [1.29, 1.82) is 0 Å². The Morgan fingerprint density at radius 1 is 1.43 bits per heavy atom. The van der Waals surface area contributed by atoms with Crippen molar-refractivity contribution >= 4 is 17.2 Å². The van der Waals surface area contributed by atoms with Crippen LogP contribution in [0.1, 0.15) is 59.3 Å². The van der Waals surface area contributed by atoms with Gasteiger partial charge >= 0.3 is 0 Å². The summed E-state index contributed by atoms with van der Waals surface area (Å²) in [5.74, 6) is 1.06. The number of hydrogen-bond donors (Lipinski definition) is 0. The molecule has 1 fully saturated rings. The number of amides is 1. The third-order valence-corrected chi connectivity index (χ3v) is 5.74. The second kappa shape index (κ2) is 6.43. The Balaban J connectivity index is 1.74. The van der Waals surface area contributed by atoms with Gasteiger partial charge in [0, 0.05) is 35.6 Å². The van der Waals surface area contributed by atoms with Crippen molar-refractivity contribution in [3.8, 4) is 0 Å². The van der Waals surface area contributed by atoms with E-state index in [1.54, 1.807) is 11.3 Å². The summed E-state index contributed by atoms with van der Waals surface area (Å²) >= 11 is 1.71. The predicted octanol–water partition coefficient (Wildman–Crippen LogP) is 3.57. The van der Waals surface area contributed by atoms with Crippen LogP contribution in [0.15, 0.2) is 9.90 Å². The van der Waals surface area contributed by atoms with Gasteiger partial charge in [-0.1, -0.05) is 5.16 Å². The van der Waals surface area contributed by atoms with E-state index in [1.807, 2.05) is 32.6 Å². The normalized spacial score (nSPS) is 19.8. The molecule has 0 N–H and O–H groups in total. The molecule has 23 heavy (non-hydrogen) atoms. The van der Waals surface area contributed by atoms with E-state index in [-0.39, 0.29) is 11.8 Å². The minimum Gasteiger partial charge on any atom is -0.361 e. The highest BCUT2D eigenvalue weighted by Gasteiger charge is 2.31. The fraction of sp³-hybridized carbons (Fsp3) is 0.588. The molecule has 3 heterocycles. The van der Waals surface area contributed by atoms with Crippen LogP contribution in [0.5, 0.6) is 0 Å². The maximum atomic E-state index is 12.9. The lowest BCUT2D eigenvalue weighted by atomic mass is 9.94. The molecule has 1 saturated heterocycles. The standard InChI is InChI=1S/C17H23N3O2S/c1-10-9-23-16(18-10)14-6-5-7-20(8-14)17(21)11(2)15-12(3)19-22-13(15)4/h9,11,14H,5-8H2,1-4H3/t11-,14-/m0/s1. The van der Waals surface area contributed by atoms with Crippen molar-refractivity contribution in [1.82, 2.24) is 15.0 Å². The summed E-state index contributed by atoms with van der Waals surface area (Å²) in [4.78, 5) is 19.5. The number of nitrogens with zero attached hydrogens (tertiary/aromatic N) is 3. The van der Waals surface area contributed by atoms with Crippen molar-refractivity contribution in [2.24, 2.45) is 0 Å². The molecule has 1 amide bonds. The van der Waals surface area contributed by atoms with E-state index < -0.39 is 0 Å². The zero-order chi connectivity index (χ0) is 16.6. The molecule has 1 aliphatic heterocycles. The number of aromatic nitrogens is 2. The maximum absolute atomic E-state index is 12.9. The van der Waals surface area contributed by atoms with E-state index in [1.165, 1.54) is 0 Å². The average Bonchev–Trinajstić information content (AvgIpc) is 3.12. The zero-order valence-corrected chi connectivity index (χ0v) is 14.9. The molecular formula is C17H23N3O2S.